The maximum Gasteiger partial charge on any atom is 0.107 e. The second-order valence-corrected chi connectivity index (χ2v) is 6.95. The molecule has 4 nitrogen and oxygen atoms in total. The first-order chi connectivity index (χ1) is 11.0. The Kier molecular flexibility index (Phi) is 4.55. The van der Waals surface area contributed by atoms with Crippen LogP contribution in [0.5, 0.6) is 0 Å². The van der Waals surface area contributed by atoms with Crippen LogP contribution in [0.4, 0.5) is 0 Å². The molecule has 1 aliphatic carbocycles. The Hall–Kier alpha value is -1.65. The van der Waals surface area contributed by atoms with E-state index in [1.807, 2.05) is 45.2 Å². The minimum absolute atomic E-state index is 0.365. The number of aliphatic hydroxyl groups is 1. The van der Waals surface area contributed by atoms with Crippen molar-refractivity contribution in [2.24, 2.45) is 5.92 Å². The Bertz CT molecular complexity index is 645. The van der Waals surface area contributed by atoms with Crippen molar-refractivity contribution < 1.29 is 9.52 Å². The van der Waals surface area contributed by atoms with Crippen LogP contribution in [-0.2, 0) is 12.0 Å². The largest absolute Gasteiger partial charge is 0.466 e. The number of aryl methyl sites for hydroxylation is 2. The van der Waals surface area contributed by atoms with Crippen LogP contribution in [0.15, 0.2) is 34.9 Å². The molecule has 2 N–H and O–H groups in total. The lowest BCUT2D eigenvalue weighted by Gasteiger charge is -2.27. The average molecular weight is 314 g/mol. The molecule has 0 radical (unpaired) electrons. The number of nitrogens with zero attached hydrogens (tertiary/aromatic N) is 1. The highest BCUT2D eigenvalue weighted by atomic mass is 16.3. The van der Waals surface area contributed by atoms with Crippen molar-refractivity contribution >= 4 is 0 Å². The van der Waals surface area contributed by atoms with Gasteiger partial charge in [0.05, 0.1) is 0 Å². The third-order valence-electron chi connectivity index (χ3n) is 4.68. The van der Waals surface area contributed by atoms with E-state index in [0.717, 1.165) is 29.2 Å². The monoisotopic (exact) mass is 314 g/mol. The van der Waals surface area contributed by atoms with Gasteiger partial charge in [0.25, 0.3) is 0 Å². The molecule has 0 bridgehead atoms. The number of pyridine rings is 1. The highest BCUT2D eigenvalue weighted by Crippen LogP contribution is 2.34. The van der Waals surface area contributed by atoms with E-state index in [-0.39, 0.29) is 0 Å². The lowest BCUT2D eigenvalue weighted by molar-refractivity contribution is 0.0514. The molecule has 23 heavy (non-hydrogen) atoms. The fraction of sp³-hybridized carbons (Fsp3) is 0.526. The number of nitrogens with one attached hydrogen (secondary N) is 1. The van der Waals surface area contributed by atoms with Crippen LogP contribution in [-0.4, -0.2) is 22.7 Å². The van der Waals surface area contributed by atoms with E-state index in [2.05, 4.69) is 16.4 Å². The van der Waals surface area contributed by atoms with Crippen LogP contribution in [0, 0.1) is 19.8 Å². The molecule has 0 aliphatic heterocycles. The summed E-state index contributed by atoms with van der Waals surface area (Å²) < 4.78 is 5.57. The van der Waals surface area contributed by atoms with Crippen molar-refractivity contribution in [2.75, 3.05) is 6.54 Å². The number of rotatable bonds is 7. The van der Waals surface area contributed by atoms with Crippen LogP contribution in [0.25, 0.3) is 0 Å². The van der Waals surface area contributed by atoms with Gasteiger partial charge in [0, 0.05) is 36.5 Å². The summed E-state index contributed by atoms with van der Waals surface area (Å²) >= 11 is 0. The lowest BCUT2D eigenvalue weighted by Crippen LogP contribution is -2.43. The van der Waals surface area contributed by atoms with Crippen molar-refractivity contribution in [3.05, 3.63) is 53.2 Å². The van der Waals surface area contributed by atoms with Gasteiger partial charge >= 0.3 is 0 Å². The average Bonchev–Trinajstić information content (AvgIpc) is 3.29. The van der Waals surface area contributed by atoms with Crippen molar-refractivity contribution in [3.63, 3.8) is 0 Å². The minimum atomic E-state index is -0.931. The summed E-state index contributed by atoms with van der Waals surface area (Å²) in [5.41, 5.74) is 1.04. The minimum Gasteiger partial charge on any atom is -0.466 e. The normalized spacial score (nSPS) is 18.6. The summed E-state index contributed by atoms with van der Waals surface area (Å²) in [7, 11) is 0. The van der Waals surface area contributed by atoms with E-state index in [1.54, 1.807) is 0 Å². The Balaban J connectivity index is 1.65. The quantitative estimate of drug-likeness (QED) is 0.824. The van der Waals surface area contributed by atoms with Crippen LogP contribution in [0.2, 0.25) is 0 Å². The molecule has 1 aliphatic rings. The highest BCUT2D eigenvalue weighted by molar-refractivity contribution is 5.27. The highest BCUT2D eigenvalue weighted by Gasteiger charge is 2.34. The first kappa shape index (κ1) is 16.2. The van der Waals surface area contributed by atoms with Gasteiger partial charge in [-0.3, -0.25) is 4.98 Å². The Morgan fingerprint density at radius 3 is 2.74 bits per heavy atom. The molecule has 0 spiro atoms. The number of hydrogen-bond donors (Lipinski definition) is 2. The van der Waals surface area contributed by atoms with Gasteiger partial charge in [0.1, 0.15) is 17.1 Å². The summed E-state index contributed by atoms with van der Waals surface area (Å²) in [5.74, 6) is 2.33. The third-order valence-corrected chi connectivity index (χ3v) is 4.68. The summed E-state index contributed by atoms with van der Waals surface area (Å²) in [5, 5.41) is 14.4. The van der Waals surface area contributed by atoms with Gasteiger partial charge in [-0.25, -0.2) is 0 Å². The summed E-state index contributed by atoms with van der Waals surface area (Å²) in [6.07, 6.45) is 5.27. The van der Waals surface area contributed by atoms with Crippen LogP contribution < -0.4 is 5.32 Å². The maximum atomic E-state index is 10.9. The fourth-order valence-electron chi connectivity index (χ4n) is 3.24. The third kappa shape index (κ3) is 4.01. The van der Waals surface area contributed by atoms with Gasteiger partial charge in [-0.15, -0.1) is 0 Å². The van der Waals surface area contributed by atoms with Crippen LogP contribution in [0.3, 0.4) is 0 Å². The molecule has 0 amide bonds. The van der Waals surface area contributed by atoms with Crippen LogP contribution >= 0.6 is 0 Å². The maximum absolute atomic E-state index is 10.9. The van der Waals surface area contributed by atoms with Gasteiger partial charge in [-0.2, -0.15) is 0 Å². The second-order valence-electron chi connectivity index (χ2n) is 6.95. The molecule has 4 heteroatoms. The Morgan fingerprint density at radius 2 is 2.17 bits per heavy atom. The predicted octanol–water partition coefficient (Wildman–Crippen LogP) is 3.11. The molecule has 2 unspecified atom stereocenters. The van der Waals surface area contributed by atoms with Gasteiger partial charge in [0.2, 0.25) is 0 Å². The number of furan rings is 1. The van der Waals surface area contributed by atoms with Gasteiger partial charge in [0.15, 0.2) is 0 Å². The second kappa shape index (κ2) is 6.46. The van der Waals surface area contributed by atoms with E-state index in [4.69, 9.17) is 4.42 Å². The van der Waals surface area contributed by atoms with Crippen molar-refractivity contribution in [1.29, 1.82) is 0 Å². The topological polar surface area (TPSA) is 58.3 Å². The zero-order valence-electron chi connectivity index (χ0n) is 14.2. The predicted molar refractivity (Wildman–Crippen MR) is 90.2 cm³/mol. The van der Waals surface area contributed by atoms with Crippen molar-refractivity contribution in [3.8, 4) is 0 Å². The first-order valence-corrected chi connectivity index (χ1v) is 8.39. The van der Waals surface area contributed by atoms with E-state index in [9.17, 15) is 5.11 Å². The fourth-order valence-corrected chi connectivity index (χ4v) is 3.24. The van der Waals surface area contributed by atoms with Crippen molar-refractivity contribution in [1.82, 2.24) is 10.3 Å². The molecule has 2 atom stereocenters. The van der Waals surface area contributed by atoms with E-state index >= 15 is 0 Å². The Labute approximate surface area is 137 Å². The molecule has 0 aromatic carbocycles. The van der Waals surface area contributed by atoms with E-state index in [1.165, 1.54) is 12.8 Å². The first-order valence-electron chi connectivity index (χ1n) is 8.39. The standard InChI is InChI=1S/C19H26N2O2/c1-13-10-17(14(2)23-13)19(3,22)12-21-18(15-7-8-15)11-16-6-4-5-9-20-16/h4-6,9-10,15,18,21-22H,7-8,11-12H2,1-3H3. The Morgan fingerprint density at radius 1 is 1.39 bits per heavy atom. The number of aromatic nitrogens is 1. The van der Waals surface area contributed by atoms with E-state index < -0.39 is 5.60 Å². The molecule has 124 valence electrons. The molecule has 2 aromatic rings. The zero-order chi connectivity index (χ0) is 16.4. The molecule has 1 saturated carbocycles. The van der Waals surface area contributed by atoms with Crippen molar-refractivity contribution in [2.45, 2.75) is 51.7 Å². The zero-order valence-corrected chi connectivity index (χ0v) is 14.2. The van der Waals surface area contributed by atoms with Crippen LogP contribution in [0.1, 0.15) is 42.5 Å². The molecule has 3 rings (SSSR count). The lowest BCUT2D eigenvalue weighted by atomic mass is 9.95. The molecule has 0 saturated heterocycles. The molecule has 1 fully saturated rings. The van der Waals surface area contributed by atoms with Gasteiger partial charge < -0.3 is 14.8 Å². The molecular formula is C19H26N2O2. The molecular weight excluding hydrogens is 288 g/mol. The van der Waals surface area contributed by atoms with E-state index in [0.29, 0.717) is 18.5 Å². The van der Waals surface area contributed by atoms with Gasteiger partial charge in [-0.05, 0) is 57.7 Å². The summed E-state index contributed by atoms with van der Waals surface area (Å²) in [6.45, 7) is 6.18. The summed E-state index contributed by atoms with van der Waals surface area (Å²) in [4.78, 5) is 4.43. The summed E-state index contributed by atoms with van der Waals surface area (Å²) in [6, 6.07) is 8.34. The smallest absolute Gasteiger partial charge is 0.107 e. The SMILES string of the molecule is Cc1cc(C(C)(O)CNC(Cc2ccccn2)C2CC2)c(C)o1. The molecule has 2 heterocycles. The number of hydrogen-bond acceptors (Lipinski definition) is 4. The molecule has 2 aromatic heterocycles. The van der Waals surface area contributed by atoms with Gasteiger partial charge in [-0.1, -0.05) is 6.07 Å².